The number of carbonyl (C=O) groups is 1. The summed E-state index contributed by atoms with van der Waals surface area (Å²) < 4.78 is 0. The van der Waals surface area contributed by atoms with Gasteiger partial charge in [0, 0.05) is 17.5 Å². The number of rotatable bonds is 2. The molecule has 1 aromatic heterocycles. The monoisotopic (exact) mass is 179 g/mol. The highest BCUT2D eigenvalue weighted by Gasteiger charge is 2.09. The second-order valence-corrected chi connectivity index (χ2v) is 3.07. The van der Waals surface area contributed by atoms with E-state index < -0.39 is 0 Å². The topological polar surface area (TPSA) is 49.9 Å². The van der Waals surface area contributed by atoms with Gasteiger partial charge in [0.2, 0.25) is 0 Å². The van der Waals surface area contributed by atoms with Crippen molar-refractivity contribution in [2.75, 3.05) is 0 Å². The lowest BCUT2D eigenvalue weighted by atomic mass is 10.1. The van der Waals surface area contributed by atoms with Gasteiger partial charge < -0.3 is 4.98 Å². The summed E-state index contributed by atoms with van der Waals surface area (Å²) in [6.07, 6.45) is 0.772. The van der Waals surface area contributed by atoms with Gasteiger partial charge in [-0.3, -0.25) is 9.59 Å². The standard InChI is InChI=1S/C10H13NO2/c1-4-8-5-9(13)10(7(3)12)6(2)11-8/h5H,4H2,1-3H3,(H,11,13). The Bertz CT molecular complexity index is 390. The van der Waals surface area contributed by atoms with E-state index in [1.807, 2.05) is 6.92 Å². The van der Waals surface area contributed by atoms with Crippen LogP contribution in [-0.4, -0.2) is 10.8 Å². The summed E-state index contributed by atoms with van der Waals surface area (Å²) in [4.78, 5) is 25.5. The zero-order valence-electron chi connectivity index (χ0n) is 8.10. The lowest BCUT2D eigenvalue weighted by Crippen LogP contribution is -2.16. The van der Waals surface area contributed by atoms with Gasteiger partial charge in [0.05, 0.1) is 5.56 Å². The van der Waals surface area contributed by atoms with Crippen LogP contribution in [0.5, 0.6) is 0 Å². The maximum Gasteiger partial charge on any atom is 0.192 e. The van der Waals surface area contributed by atoms with Crippen molar-refractivity contribution < 1.29 is 4.79 Å². The molecule has 0 aliphatic heterocycles. The first-order chi connectivity index (χ1) is 6.06. The molecule has 70 valence electrons. The number of carbonyl (C=O) groups excluding carboxylic acids is 1. The number of aromatic amines is 1. The van der Waals surface area contributed by atoms with Crippen molar-refractivity contribution in [2.24, 2.45) is 0 Å². The Morgan fingerprint density at radius 1 is 1.54 bits per heavy atom. The molecule has 0 fully saturated rings. The molecule has 1 N–H and O–H groups in total. The van der Waals surface area contributed by atoms with E-state index in [2.05, 4.69) is 4.98 Å². The zero-order valence-corrected chi connectivity index (χ0v) is 8.10. The minimum atomic E-state index is -0.180. The van der Waals surface area contributed by atoms with E-state index in [4.69, 9.17) is 0 Å². The van der Waals surface area contributed by atoms with E-state index in [0.717, 1.165) is 12.1 Å². The highest BCUT2D eigenvalue weighted by atomic mass is 16.1. The molecule has 1 aromatic rings. The molecule has 0 unspecified atom stereocenters. The minimum absolute atomic E-state index is 0.179. The molecule has 3 heteroatoms. The van der Waals surface area contributed by atoms with Gasteiger partial charge >= 0.3 is 0 Å². The van der Waals surface area contributed by atoms with Gasteiger partial charge in [0.15, 0.2) is 11.2 Å². The van der Waals surface area contributed by atoms with Gasteiger partial charge in [-0.25, -0.2) is 0 Å². The molecule has 3 nitrogen and oxygen atoms in total. The van der Waals surface area contributed by atoms with Gasteiger partial charge in [-0.2, -0.15) is 0 Å². The molecule has 0 radical (unpaired) electrons. The van der Waals surface area contributed by atoms with Crippen molar-refractivity contribution in [1.29, 1.82) is 0 Å². The first-order valence-electron chi connectivity index (χ1n) is 4.30. The predicted molar refractivity (Wildman–Crippen MR) is 51.2 cm³/mol. The molecular weight excluding hydrogens is 166 g/mol. The van der Waals surface area contributed by atoms with Crippen LogP contribution in [0.3, 0.4) is 0 Å². The fourth-order valence-corrected chi connectivity index (χ4v) is 1.38. The summed E-state index contributed by atoms with van der Waals surface area (Å²) in [5.74, 6) is -0.179. The lowest BCUT2D eigenvalue weighted by molar-refractivity contribution is 0.101. The molecule has 0 aliphatic carbocycles. The van der Waals surface area contributed by atoms with Crippen LogP contribution in [-0.2, 0) is 6.42 Å². The quantitative estimate of drug-likeness (QED) is 0.698. The van der Waals surface area contributed by atoms with Crippen LogP contribution in [0.25, 0.3) is 0 Å². The SMILES string of the molecule is CCc1cc(=O)c(C(C)=O)c(C)[nH]1. The van der Waals surface area contributed by atoms with Crippen LogP contribution in [0.4, 0.5) is 0 Å². The third-order valence-electron chi connectivity index (χ3n) is 2.01. The van der Waals surface area contributed by atoms with Crippen LogP contribution in [0.15, 0.2) is 10.9 Å². The number of ketones is 1. The fraction of sp³-hybridized carbons (Fsp3) is 0.400. The van der Waals surface area contributed by atoms with Crippen molar-refractivity contribution in [3.63, 3.8) is 0 Å². The summed E-state index contributed by atoms with van der Waals surface area (Å²) in [5, 5.41) is 0. The highest BCUT2D eigenvalue weighted by molar-refractivity contribution is 5.94. The van der Waals surface area contributed by atoms with Gasteiger partial charge in [-0.1, -0.05) is 6.92 Å². The van der Waals surface area contributed by atoms with Crippen molar-refractivity contribution in [3.05, 3.63) is 33.2 Å². The van der Waals surface area contributed by atoms with Gasteiger partial charge in [0.25, 0.3) is 0 Å². The van der Waals surface area contributed by atoms with Crippen molar-refractivity contribution >= 4 is 5.78 Å². The number of pyridine rings is 1. The first kappa shape index (κ1) is 9.71. The predicted octanol–water partition coefficient (Wildman–Crippen LogP) is 1.45. The number of hydrogen-bond acceptors (Lipinski definition) is 2. The van der Waals surface area contributed by atoms with Gasteiger partial charge in [0.1, 0.15) is 0 Å². The molecule has 0 bridgehead atoms. The van der Waals surface area contributed by atoms with Crippen molar-refractivity contribution in [1.82, 2.24) is 4.98 Å². The number of Topliss-reactive ketones (excluding diaryl/α,β-unsaturated/α-hetero) is 1. The number of nitrogens with one attached hydrogen (secondary N) is 1. The summed E-state index contributed by atoms with van der Waals surface area (Å²) in [6.45, 7) is 5.11. The molecule has 13 heavy (non-hydrogen) atoms. The number of aromatic nitrogens is 1. The van der Waals surface area contributed by atoms with Crippen LogP contribution in [0.1, 0.15) is 35.6 Å². The molecule has 0 spiro atoms. The highest BCUT2D eigenvalue weighted by Crippen LogP contribution is 2.02. The Morgan fingerprint density at radius 3 is 2.54 bits per heavy atom. The minimum Gasteiger partial charge on any atom is -0.362 e. The average Bonchev–Trinajstić information content (AvgIpc) is 2.02. The molecule has 0 aliphatic rings. The fourth-order valence-electron chi connectivity index (χ4n) is 1.38. The van der Waals surface area contributed by atoms with E-state index in [1.54, 1.807) is 6.92 Å². The molecular formula is C10H13NO2. The van der Waals surface area contributed by atoms with Gasteiger partial charge in [-0.15, -0.1) is 0 Å². The molecule has 0 amide bonds. The van der Waals surface area contributed by atoms with E-state index in [1.165, 1.54) is 13.0 Å². The summed E-state index contributed by atoms with van der Waals surface area (Å²) in [6, 6.07) is 1.49. The first-order valence-corrected chi connectivity index (χ1v) is 4.30. The zero-order chi connectivity index (χ0) is 10.0. The number of hydrogen-bond donors (Lipinski definition) is 1. The maximum absolute atomic E-state index is 11.4. The Balaban J connectivity index is 3.40. The van der Waals surface area contributed by atoms with E-state index >= 15 is 0 Å². The second kappa shape index (κ2) is 3.56. The summed E-state index contributed by atoms with van der Waals surface area (Å²) >= 11 is 0. The summed E-state index contributed by atoms with van der Waals surface area (Å²) in [7, 11) is 0. The maximum atomic E-state index is 11.4. The van der Waals surface area contributed by atoms with E-state index in [9.17, 15) is 9.59 Å². The smallest absolute Gasteiger partial charge is 0.192 e. The molecule has 0 saturated carbocycles. The second-order valence-electron chi connectivity index (χ2n) is 3.07. The Hall–Kier alpha value is -1.38. The molecule has 1 rings (SSSR count). The Kier molecular flexibility index (Phi) is 2.66. The third kappa shape index (κ3) is 1.86. The average molecular weight is 179 g/mol. The van der Waals surface area contributed by atoms with E-state index in [0.29, 0.717) is 5.69 Å². The molecule has 1 heterocycles. The molecule has 0 saturated heterocycles. The van der Waals surface area contributed by atoms with Crippen LogP contribution in [0.2, 0.25) is 0 Å². The van der Waals surface area contributed by atoms with Crippen LogP contribution in [0, 0.1) is 6.92 Å². The molecule has 0 aromatic carbocycles. The largest absolute Gasteiger partial charge is 0.362 e. The van der Waals surface area contributed by atoms with E-state index in [-0.39, 0.29) is 16.8 Å². The Morgan fingerprint density at radius 2 is 2.15 bits per heavy atom. The third-order valence-corrected chi connectivity index (χ3v) is 2.01. The van der Waals surface area contributed by atoms with Gasteiger partial charge in [-0.05, 0) is 20.3 Å². The van der Waals surface area contributed by atoms with Crippen LogP contribution >= 0.6 is 0 Å². The van der Waals surface area contributed by atoms with Crippen molar-refractivity contribution in [2.45, 2.75) is 27.2 Å². The lowest BCUT2D eigenvalue weighted by Gasteiger charge is -2.03. The summed E-state index contributed by atoms with van der Waals surface area (Å²) in [5.41, 5.74) is 1.63. The van der Waals surface area contributed by atoms with Crippen LogP contribution < -0.4 is 5.43 Å². The Labute approximate surface area is 76.8 Å². The van der Waals surface area contributed by atoms with Crippen molar-refractivity contribution in [3.8, 4) is 0 Å². The number of aryl methyl sites for hydroxylation is 2. The number of H-pyrrole nitrogens is 1. The molecule has 0 atom stereocenters. The normalized spacial score (nSPS) is 10.1.